The Bertz CT molecular complexity index is 1740. The molecule has 6 aromatic rings. The first kappa shape index (κ1) is 27.3. The Morgan fingerprint density at radius 3 is 1.95 bits per heavy atom. The number of aromatic nitrogens is 4. The van der Waals surface area contributed by atoms with Crippen LogP contribution in [0.3, 0.4) is 0 Å². The van der Waals surface area contributed by atoms with E-state index in [1.165, 1.54) is 16.0 Å². The van der Waals surface area contributed by atoms with Gasteiger partial charge in [-0.05, 0) is 61.6 Å². The van der Waals surface area contributed by atoms with Gasteiger partial charge in [0, 0.05) is 77.9 Å². The smallest absolute Gasteiger partial charge is 0.139 e. The fourth-order valence-corrected chi connectivity index (χ4v) is 4.77. The summed E-state index contributed by atoms with van der Waals surface area (Å²) in [4.78, 5) is 10.6. The summed E-state index contributed by atoms with van der Waals surface area (Å²) in [5, 5.41) is 6.15. The minimum absolute atomic E-state index is 0.320. The van der Waals surface area contributed by atoms with E-state index in [-0.39, 0.29) is 6.67 Å². The topological polar surface area (TPSA) is 58.7 Å². The quantitative estimate of drug-likeness (QED) is 0.198. The summed E-state index contributed by atoms with van der Waals surface area (Å²) < 4.78 is 16.2. The van der Waals surface area contributed by atoms with Gasteiger partial charge >= 0.3 is 0 Å². The van der Waals surface area contributed by atoms with Gasteiger partial charge in [0.15, 0.2) is 0 Å². The predicted octanol–water partition coefficient (Wildman–Crippen LogP) is 7.76. The molecule has 0 aliphatic carbocycles. The van der Waals surface area contributed by atoms with Gasteiger partial charge in [-0.3, -0.25) is 0 Å². The Morgan fingerprint density at radius 1 is 0.750 bits per heavy atom. The van der Waals surface area contributed by atoms with Gasteiger partial charge in [-0.25, -0.2) is 14.4 Å². The molecule has 6 nitrogen and oxygen atoms in total. The van der Waals surface area contributed by atoms with Gasteiger partial charge in [0.05, 0.1) is 11.4 Å². The number of imidazole rings is 2. The number of nitrogens with zero attached hydrogens (tertiary/aromatic N) is 4. The Morgan fingerprint density at radius 2 is 1.35 bits per heavy atom. The van der Waals surface area contributed by atoms with Crippen LogP contribution in [0.1, 0.15) is 11.1 Å². The average molecular weight is 553 g/mol. The molecular weight excluding hydrogens is 519 g/mol. The normalized spacial score (nSPS) is 10.9. The van der Waals surface area contributed by atoms with Gasteiger partial charge in [-0.1, -0.05) is 24.3 Å². The van der Waals surface area contributed by atoms with E-state index in [9.17, 15) is 4.39 Å². The first-order chi connectivity index (χ1) is 19.5. The second-order valence-electron chi connectivity index (χ2n) is 9.51. The van der Waals surface area contributed by atoms with Crippen LogP contribution in [-0.4, -0.2) is 45.3 Å². The maximum absolute atomic E-state index is 12.2. The summed E-state index contributed by atoms with van der Waals surface area (Å²) in [6.45, 7) is 4.15. The van der Waals surface area contributed by atoms with Crippen molar-refractivity contribution in [3.8, 4) is 22.5 Å². The molecule has 8 heteroatoms. The largest absolute Gasteiger partial charge is 0.388 e. The minimum Gasteiger partial charge on any atom is -0.388 e. The Labute approximate surface area is 238 Å². The first-order valence-electron chi connectivity index (χ1n) is 13.1. The van der Waals surface area contributed by atoms with E-state index < -0.39 is 0 Å². The number of hydrogen-bond donors (Lipinski definition) is 2. The van der Waals surface area contributed by atoms with Gasteiger partial charge in [-0.2, -0.15) is 0 Å². The van der Waals surface area contributed by atoms with Crippen LogP contribution in [0.4, 0.5) is 15.8 Å². The number of benzene rings is 2. The monoisotopic (exact) mass is 552 g/mol. The van der Waals surface area contributed by atoms with Gasteiger partial charge < -0.3 is 19.4 Å². The van der Waals surface area contributed by atoms with Crippen molar-refractivity contribution in [2.45, 2.75) is 18.7 Å². The predicted molar refractivity (Wildman–Crippen MR) is 167 cm³/mol. The molecular formula is C32H33FN6S. The Kier molecular flexibility index (Phi) is 8.36. The van der Waals surface area contributed by atoms with E-state index in [1.54, 1.807) is 11.8 Å². The van der Waals surface area contributed by atoms with E-state index in [0.29, 0.717) is 6.54 Å². The number of aryl methyl sites for hydroxylation is 2. The zero-order valence-electron chi connectivity index (χ0n) is 23.1. The zero-order chi connectivity index (χ0) is 28.1. The molecule has 4 aromatic heterocycles. The van der Waals surface area contributed by atoms with E-state index in [4.69, 9.17) is 0 Å². The highest BCUT2D eigenvalue weighted by Crippen LogP contribution is 2.24. The van der Waals surface area contributed by atoms with Crippen LogP contribution < -0.4 is 10.6 Å². The summed E-state index contributed by atoms with van der Waals surface area (Å²) in [7, 11) is 1.91. The summed E-state index contributed by atoms with van der Waals surface area (Å²) in [5.74, 6) is 0. The van der Waals surface area contributed by atoms with Crippen LogP contribution in [0.25, 0.3) is 33.8 Å². The number of alkyl halides is 1. The van der Waals surface area contributed by atoms with Crippen molar-refractivity contribution in [2.75, 3.05) is 37.2 Å². The number of thioether (sulfide) groups is 1. The number of nitrogens with one attached hydrogen (secondary N) is 2. The second-order valence-corrected chi connectivity index (χ2v) is 10.4. The maximum Gasteiger partial charge on any atom is 0.139 e. The number of pyridine rings is 2. The fourth-order valence-electron chi connectivity index (χ4n) is 4.36. The third-order valence-corrected chi connectivity index (χ3v) is 7.56. The van der Waals surface area contributed by atoms with Crippen LogP contribution >= 0.6 is 11.8 Å². The lowest BCUT2D eigenvalue weighted by Gasteiger charge is -2.03. The average Bonchev–Trinajstić information content (AvgIpc) is 3.61. The van der Waals surface area contributed by atoms with Gasteiger partial charge in [-0.15, -0.1) is 11.8 Å². The molecule has 0 saturated carbocycles. The highest BCUT2D eigenvalue weighted by Gasteiger charge is 2.07. The molecule has 0 atom stereocenters. The Balaban J connectivity index is 0.000000162. The lowest BCUT2D eigenvalue weighted by molar-refractivity contribution is 0.513. The van der Waals surface area contributed by atoms with E-state index >= 15 is 0 Å². The van der Waals surface area contributed by atoms with Crippen LogP contribution in [0, 0.1) is 13.8 Å². The third kappa shape index (κ3) is 6.13. The van der Waals surface area contributed by atoms with Crippen LogP contribution in [0.15, 0.2) is 96.4 Å². The number of hydrogen-bond acceptors (Lipinski definition) is 5. The molecule has 4 heterocycles. The van der Waals surface area contributed by atoms with E-state index in [1.807, 2.05) is 58.7 Å². The van der Waals surface area contributed by atoms with Gasteiger partial charge in [0.1, 0.15) is 18.0 Å². The van der Waals surface area contributed by atoms with Crippen molar-refractivity contribution in [3.63, 3.8) is 0 Å². The number of rotatable bonds is 7. The molecule has 0 unspecified atom stereocenters. The molecule has 0 amide bonds. The zero-order valence-corrected chi connectivity index (χ0v) is 24.0. The number of halogens is 1. The summed E-state index contributed by atoms with van der Waals surface area (Å²) >= 11 is 1.75. The molecule has 0 aliphatic heterocycles. The van der Waals surface area contributed by atoms with Crippen LogP contribution in [0.2, 0.25) is 0 Å². The molecule has 0 aliphatic rings. The first-order valence-corrected chi connectivity index (χ1v) is 14.4. The summed E-state index contributed by atoms with van der Waals surface area (Å²) in [6.07, 6.45) is 10.1. The molecule has 2 N–H and O–H groups in total. The lowest BCUT2D eigenvalue weighted by atomic mass is 10.1. The maximum atomic E-state index is 12.2. The summed E-state index contributed by atoms with van der Waals surface area (Å²) in [6, 6.07) is 22.8. The van der Waals surface area contributed by atoms with Crippen molar-refractivity contribution in [3.05, 3.63) is 103 Å². The number of anilines is 2. The van der Waals surface area contributed by atoms with Gasteiger partial charge in [0.25, 0.3) is 0 Å². The van der Waals surface area contributed by atoms with E-state index in [2.05, 4.69) is 89.4 Å². The highest BCUT2D eigenvalue weighted by atomic mass is 32.2. The number of fused-ring (bicyclic) bond motifs is 2. The highest BCUT2D eigenvalue weighted by molar-refractivity contribution is 7.98. The molecule has 0 spiro atoms. The van der Waals surface area contributed by atoms with Crippen molar-refractivity contribution in [1.29, 1.82) is 0 Å². The SMILES string of the molecule is CNc1ccn2cc(-c3ccc(SC)cc3)nc2c1.Cc1ccc(-c2cn3ccc(NCCF)cc3n2)cc1C. The standard InChI is InChI=1S/C17H18FN3.C15H15N3S/c1-12-3-4-14(9-13(12)2)16-11-21-8-5-15(19-7-6-18)10-17(21)20-16;1-16-12-7-8-18-10-14(17-15(18)9-12)11-3-5-13(19-2)6-4-11/h3-5,8-11,19H,6-7H2,1-2H3;3-10,16H,1-2H3. The molecule has 40 heavy (non-hydrogen) atoms. The van der Waals surface area contributed by atoms with E-state index in [0.717, 1.165) is 45.2 Å². The van der Waals surface area contributed by atoms with Crippen molar-refractivity contribution in [2.24, 2.45) is 0 Å². The molecule has 0 bridgehead atoms. The van der Waals surface area contributed by atoms with Gasteiger partial charge in [0.2, 0.25) is 0 Å². The molecule has 0 saturated heterocycles. The minimum atomic E-state index is -0.381. The van der Waals surface area contributed by atoms with Crippen LogP contribution in [0.5, 0.6) is 0 Å². The molecule has 204 valence electrons. The van der Waals surface area contributed by atoms with Crippen LogP contribution in [-0.2, 0) is 0 Å². The third-order valence-electron chi connectivity index (χ3n) is 6.82. The lowest BCUT2D eigenvalue weighted by Crippen LogP contribution is -2.02. The molecule has 0 fully saturated rings. The summed E-state index contributed by atoms with van der Waals surface area (Å²) in [5.41, 5.74) is 10.5. The second kappa shape index (κ2) is 12.3. The molecule has 6 rings (SSSR count). The van der Waals surface area contributed by atoms with Crippen molar-refractivity contribution < 1.29 is 4.39 Å². The van der Waals surface area contributed by atoms with Crippen molar-refractivity contribution in [1.82, 2.24) is 18.8 Å². The molecule has 2 aromatic carbocycles. The van der Waals surface area contributed by atoms with Crippen molar-refractivity contribution >= 4 is 34.4 Å². The fraction of sp³-hybridized carbons (Fsp3) is 0.188. The Hall–Kier alpha value is -4.30. The molecule has 0 radical (unpaired) electrons.